The first-order valence-corrected chi connectivity index (χ1v) is 14.4. The fourth-order valence-electron chi connectivity index (χ4n) is 5.40. The molecule has 45 heavy (non-hydrogen) atoms. The predicted molar refractivity (Wildman–Crippen MR) is 171 cm³/mol. The number of aromatic carboxylic acids is 1. The van der Waals surface area contributed by atoms with Gasteiger partial charge in [-0.15, -0.1) is 5.92 Å². The second-order valence-electron chi connectivity index (χ2n) is 10.7. The van der Waals surface area contributed by atoms with Crippen LogP contribution in [0.25, 0.3) is 22.1 Å². The Morgan fingerprint density at radius 3 is 2.49 bits per heavy atom. The number of aromatic hydroxyl groups is 1. The predicted octanol–water partition coefficient (Wildman–Crippen LogP) is 2.24. The summed E-state index contributed by atoms with van der Waals surface area (Å²) in [5.41, 5.74) is 7.47. The maximum absolute atomic E-state index is 13.7. The number of phenols is 1. The lowest BCUT2D eigenvalue weighted by Gasteiger charge is -2.31. The van der Waals surface area contributed by atoms with Gasteiger partial charge in [-0.05, 0) is 44.9 Å². The summed E-state index contributed by atoms with van der Waals surface area (Å²) in [6.45, 7) is 5.31. The highest BCUT2D eigenvalue weighted by Crippen LogP contribution is 2.23. The van der Waals surface area contributed by atoms with Crippen molar-refractivity contribution in [3.05, 3.63) is 86.5 Å². The Labute approximate surface area is 258 Å². The zero-order chi connectivity index (χ0) is 32.2. The first-order chi connectivity index (χ1) is 21.6. The number of carbonyl (C=O) groups is 1. The smallest absolute Gasteiger partial charge is 0.339 e. The molecular formula is C32H34N8O5. The van der Waals surface area contributed by atoms with Crippen LogP contribution in [0.5, 0.6) is 5.75 Å². The van der Waals surface area contributed by atoms with Crippen molar-refractivity contribution in [1.82, 2.24) is 28.7 Å². The molecule has 0 radical (unpaired) electrons. The van der Waals surface area contributed by atoms with Crippen LogP contribution in [-0.4, -0.2) is 64.0 Å². The van der Waals surface area contributed by atoms with Gasteiger partial charge in [0.25, 0.3) is 5.56 Å². The quantitative estimate of drug-likeness (QED) is 0.250. The number of anilines is 1. The molecule has 1 atom stereocenters. The van der Waals surface area contributed by atoms with E-state index in [1.165, 1.54) is 21.3 Å². The standard InChI is InChI=1S/C25H28N8O2.C7H6O3/c1-4-5-13-32-21-22(29-24(32)31-12-8-9-17(26)14-31)30(3)25(35)33(23(21)34)15-20-27-16(2)18-10-6-7-11-19(18)28-20;8-6-4-2-1-3-5(6)7(9)10/h6-7,10-11,17H,8-9,12-15,26H2,1-3H3;1-4,8H,(H,9,10)/t17-;/m1./s1. The number of nitrogens with two attached hydrogens (primary N) is 1. The minimum Gasteiger partial charge on any atom is -0.507 e. The van der Waals surface area contributed by atoms with Gasteiger partial charge in [-0.1, -0.05) is 36.3 Å². The van der Waals surface area contributed by atoms with Crippen molar-refractivity contribution in [2.75, 3.05) is 18.0 Å². The molecule has 13 heteroatoms. The summed E-state index contributed by atoms with van der Waals surface area (Å²) >= 11 is 0. The molecule has 6 rings (SSSR count). The number of fused-ring (bicyclic) bond motifs is 2. The van der Waals surface area contributed by atoms with E-state index in [0.717, 1.165) is 36.0 Å². The average Bonchev–Trinajstić information content (AvgIpc) is 3.41. The van der Waals surface area contributed by atoms with Crippen LogP contribution in [0.15, 0.2) is 58.1 Å². The van der Waals surface area contributed by atoms with E-state index in [1.807, 2.05) is 31.2 Å². The van der Waals surface area contributed by atoms with Gasteiger partial charge >= 0.3 is 11.7 Å². The fraction of sp³-hybridized carbons (Fsp3) is 0.312. The Kier molecular flexibility index (Phi) is 8.96. The first kappa shape index (κ1) is 31.0. The van der Waals surface area contributed by atoms with Crippen LogP contribution in [0.2, 0.25) is 0 Å². The van der Waals surface area contributed by atoms with E-state index >= 15 is 0 Å². The minimum atomic E-state index is -1.11. The molecule has 1 aliphatic heterocycles. The number of hydrogen-bond donors (Lipinski definition) is 3. The lowest BCUT2D eigenvalue weighted by molar-refractivity contribution is 0.0693. The van der Waals surface area contributed by atoms with Crippen molar-refractivity contribution in [3.63, 3.8) is 0 Å². The molecule has 1 saturated heterocycles. The molecule has 0 saturated carbocycles. The summed E-state index contributed by atoms with van der Waals surface area (Å²) in [5, 5.41) is 18.2. The van der Waals surface area contributed by atoms with Crippen molar-refractivity contribution < 1.29 is 15.0 Å². The summed E-state index contributed by atoms with van der Waals surface area (Å²) in [4.78, 5) is 53.3. The van der Waals surface area contributed by atoms with Crippen molar-refractivity contribution in [2.45, 2.75) is 45.8 Å². The van der Waals surface area contributed by atoms with Crippen LogP contribution >= 0.6 is 0 Å². The topological polar surface area (TPSA) is 174 Å². The molecular weight excluding hydrogens is 576 g/mol. The van der Waals surface area contributed by atoms with Gasteiger partial charge < -0.3 is 20.8 Å². The number of aryl methyl sites for hydroxylation is 2. The van der Waals surface area contributed by atoms with Crippen molar-refractivity contribution in [3.8, 4) is 17.6 Å². The van der Waals surface area contributed by atoms with Gasteiger partial charge in [0.1, 0.15) is 17.1 Å². The zero-order valence-electron chi connectivity index (χ0n) is 25.3. The maximum atomic E-state index is 13.7. The van der Waals surface area contributed by atoms with Crippen LogP contribution in [0.4, 0.5) is 5.95 Å². The van der Waals surface area contributed by atoms with E-state index in [2.05, 4.69) is 26.7 Å². The molecule has 0 spiro atoms. The number of aromatic nitrogens is 6. The van der Waals surface area contributed by atoms with Crippen molar-refractivity contribution >= 4 is 34.0 Å². The third kappa shape index (κ3) is 6.27. The number of benzene rings is 2. The van der Waals surface area contributed by atoms with Crippen LogP contribution in [-0.2, 0) is 20.1 Å². The van der Waals surface area contributed by atoms with E-state index in [0.29, 0.717) is 29.5 Å². The number of hydrogen-bond acceptors (Lipinski definition) is 9. The van der Waals surface area contributed by atoms with Crippen molar-refractivity contribution in [2.24, 2.45) is 12.8 Å². The zero-order valence-corrected chi connectivity index (χ0v) is 25.3. The van der Waals surface area contributed by atoms with Crippen LogP contribution in [0, 0.1) is 18.8 Å². The highest BCUT2D eigenvalue weighted by molar-refractivity contribution is 5.90. The van der Waals surface area contributed by atoms with Gasteiger partial charge in [0.15, 0.2) is 11.2 Å². The van der Waals surface area contributed by atoms with Crippen molar-refractivity contribution in [1.29, 1.82) is 0 Å². The normalized spacial score (nSPS) is 14.5. The lowest BCUT2D eigenvalue weighted by Crippen LogP contribution is -2.44. The lowest BCUT2D eigenvalue weighted by atomic mass is 10.1. The summed E-state index contributed by atoms with van der Waals surface area (Å²) < 4.78 is 4.39. The Bertz CT molecular complexity index is 2090. The molecule has 1 aliphatic rings. The minimum absolute atomic E-state index is 0.0306. The number of carboxylic acids is 1. The van der Waals surface area contributed by atoms with E-state index < -0.39 is 17.2 Å². The third-order valence-corrected chi connectivity index (χ3v) is 7.64. The fourth-order valence-corrected chi connectivity index (χ4v) is 5.40. The summed E-state index contributed by atoms with van der Waals surface area (Å²) in [7, 11) is 1.63. The van der Waals surface area contributed by atoms with E-state index in [1.54, 1.807) is 30.7 Å². The van der Waals surface area contributed by atoms with Gasteiger partial charge in [-0.2, -0.15) is 4.98 Å². The molecule has 0 bridgehead atoms. The highest BCUT2D eigenvalue weighted by atomic mass is 16.4. The van der Waals surface area contributed by atoms with Gasteiger partial charge in [-0.3, -0.25) is 18.5 Å². The van der Waals surface area contributed by atoms with Crippen LogP contribution in [0.3, 0.4) is 0 Å². The maximum Gasteiger partial charge on any atom is 0.339 e. The van der Waals surface area contributed by atoms with E-state index in [4.69, 9.17) is 20.9 Å². The third-order valence-electron chi connectivity index (χ3n) is 7.64. The van der Waals surface area contributed by atoms with Gasteiger partial charge in [-0.25, -0.2) is 19.6 Å². The second-order valence-corrected chi connectivity index (χ2v) is 10.7. The van der Waals surface area contributed by atoms with Crippen LogP contribution in [0.1, 0.15) is 41.6 Å². The SMILES string of the molecule is CC#CCn1c(N2CCC[C@@H](N)C2)nc2c1c(=O)n(Cc1nc(C)c3ccccc3n1)c(=O)n2C.O=C(O)c1ccccc1O. The number of piperidine rings is 1. The summed E-state index contributed by atoms with van der Waals surface area (Å²) in [6.07, 6.45) is 1.88. The monoisotopic (exact) mass is 610 g/mol. The summed E-state index contributed by atoms with van der Waals surface area (Å²) in [6, 6.07) is 13.5. The number of rotatable bonds is 5. The van der Waals surface area contributed by atoms with E-state index in [9.17, 15) is 14.4 Å². The molecule has 0 unspecified atom stereocenters. The van der Waals surface area contributed by atoms with Crippen LogP contribution < -0.4 is 21.9 Å². The molecule has 2 aromatic carbocycles. The molecule has 13 nitrogen and oxygen atoms in total. The number of imidazole rings is 1. The Morgan fingerprint density at radius 1 is 1.07 bits per heavy atom. The van der Waals surface area contributed by atoms with E-state index in [-0.39, 0.29) is 30.4 Å². The molecule has 1 fully saturated rings. The molecule has 3 aromatic heterocycles. The average molecular weight is 611 g/mol. The van der Waals surface area contributed by atoms with Gasteiger partial charge in [0, 0.05) is 37.3 Å². The Hall–Kier alpha value is -5.48. The molecule has 0 aliphatic carbocycles. The second kappa shape index (κ2) is 13.0. The number of nitrogens with zero attached hydrogens (tertiary/aromatic N) is 7. The largest absolute Gasteiger partial charge is 0.507 e. The highest BCUT2D eigenvalue weighted by Gasteiger charge is 2.26. The molecule has 0 amide bonds. The molecule has 5 aromatic rings. The Morgan fingerprint density at radius 2 is 1.80 bits per heavy atom. The molecule has 4 N–H and O–H groups in total. The first-order valence-electron chi connectivity index (χ1n) is 14.4. The number of para-hydroxylation sites is 2. The summed E-state index contributed by atoms with van der Waals surface area (Å²) in [5.74, 6) is 5.64. The molecule has 4 heterocycles. The van der Waals surface area contributed by atoms with Gasteiger partial charge in [0.2, 0.25) is 5.95 Å². The molecule has 232 valence electrons. The Balaban J connectivity index is 0.000000342. The van der Waals surface area contributed by atoms with Gasteiger partial charge in [0.05, 0.1) is 18.6 Å². The number of carboxylic acid groups (broad SMARTS) is 1.